The molecule has 5 heteroatoms. The Labute approximate surface area is 304 Å². The highest BCUT2D eigenvalue weighted by Crippen LogP contribution is 2.74. The van der Waals surface area contributed by atoms with E-state index in [1.165, 1.54) is 140 Å². The molecule has 0 aromatic rings. The number of carbonyl (C=O) groups is 1. The van der Waals surface area contributed by atoms with E-state index in [9.17, 15) is 9.90 Å². The van der Waals surface area contributed by atoms with Crippen molar-refractivity contribution in [2.24, 2.45) is 22.7 Å². The molecule has 6 atom stereocenters. The van der Waals surface area contributed by atoms with Crippen LogP contribution in [-0.2, 0) is 4.79 Å². The monoisotopic (exact) mass is 705 g/mol. The third kappa shape index (κ3) is 9.20. The fourth-order valence-corrected chi connectivity index (χ4v) is 14.2. The first-order valence-electron chi connectivity index (χ1n) is 20.8. The lowest BCUT2D eigenvalue weighted by atomic mass is 9.46. The number of fused-ring (bicyclic) bond motifs is 5. The first kappa shape index (κ1) is 40.5. The van der Waals surface area contributed by atoms with Gasteiger partial charge in [0.05, 0.1) is 10.2 Å². The van der Waals surface area contributed by atoms with E-state index in [0.29, 0.717) is 6.42 Å². The lowest BCUT2D eigenvalue weighted by Crippen LogP contribution is -2.67. The van der Waals surface area contributed by atoms with Gasteiger partial charge in [-0.2, -0.15) is 0 Å². The van der Waals surface area contributed by atoms with Gasteiger partial charge >= 0.3 is 0 Å². The third-order valence-electron chi connectivity index (χ3n) is 13.4. The lowest BCUT2D eigenvalue weighted by Gasteiger charge is -2.63. The number of ketones is 1. The molecule has 2 nitrogen and oxygen atoms in total. The zero-order valence-corrected chi connectivity index (χ0v) is 33.2. The van der Waals surface area contributed by atoms with Crippen LogP contribution in [0.4, 0.5) is 4.39 Å². The van der Waals surface area contributed by atoms with Crippen molar-refractivity contribution in [2.75, 3.05) is 11.5 Å². The number of thioether (sulfide) groups is 2. The highest BCUT2D eigenvalue weighted by molar-refractivity contribution is 8.18. The van der Waals surface area contributed by atoms with Gasteiger partial charge in [0.25, 0.3) is 0 Å². The maximum Gasteiger partial charge on any atom is 0.178 e. The average molecular weight is 705 g/mol. The smallest absolute Gasteiger partial charge is 0.178 e. The zero-order chi connectivity index (χ0) is 34.5. The average Bonchev–Trinajstić information content (AvgIpc) is 3.34. The minimum absolute atomic E-state index is 0.0358. The molecule has 0 aromatic carbocycles. The van der Waals surface area contributed by atoms with Crippen LogP contribution in [-0.4, -0.2) is 38.2 Å². The molecule has 0 amide bonds. The van der Waals surface area contributed by atoms with Crippen molar-refractivity contribution in [2.45, 2.75) is 204 Å². The molecule has 4 rings (SSSR count). The van der Waals surface area contributed by atoms with Gasteiger partial charge in [-0.3, -0.25) is 4.79 Å². The molecule has 0 unspecified atom stereocenters. The largest absolute Gasteiger partial charge is 0.390 e. The Morgan fingerprint density at radius 3 is 1.71 bits per heavy atom. The number of unbranched alkanes of at least 4 members (excludes halogenated alkanes) is 18. The standard InChI is InChI=1S/C43H73FO2S2/c1-5-7-9-11-13-15-17-19-21-23-31-47-42(48-32-24-22-20-18-16-14-12-10-8-6-2)30-28-37-38-26-25-35-33-36(45)27-29-40(35,3)43(38,44)39(46)34-41(37,42)4/h27,29,33,37-39,46H,5-26,28,30-32,34H2,1-4H3/t37-,38-,39-,40-,41-,43-/m0/s1. The summed E-state index contributed by atoms with van der Waals surface area (Å²) >= 11 is 4.39. The number of alkyl halides is 1. The van der Waals surface area contributed by atoms with E-state index in [0.717, 1.165) is 31.3 Å². The molecule has 0 saturated heterocycles. The van der Waals surface area contributed by atoms with Crippen LogP contribution in [0.2, 0.25) is 0 Å². The third-order valence-corrected chi connectivity index (χ3v) is 17.3. The van der Waals surface area contributed by atoms with Crippen molar-refractivity contribution in [3.8, 4) is 0 Å². The van der Waals surface area contributed by atoms with Crippen LogP contribution < -0.4 is 0 Å². The lowest BCUT2D eigenvalue weighted by molar-refractivity contribution is -0.189. The molecular weight excluding hydrogens is 632 g/mol. The molecule has 3 saturated carbocycles. The Kier molecular flexibility index (Phi) is 16.5. The number of halogens is 1. The van der Waals surface area contributed by atoms with Gasteiger partial charge in [0.2, 0.25) is 0 Å². The van der Waals surface area contributed by atoms with Crippen LogP contribution in [0.5, 0.6) is 0 Å². The molecule has 0 spiro atoms. The van der Waals surface area contributed by atoms with Crippen LogP contribution in [0.25, 0.3) is 0 Å². The van der Waals surface area contributed by atoms with Crippen molar-refractivity contribution in [3.05, 3.63) is 23.8 Å². The van der Waals surface area contributed by atoms with Gasteiger partial charge in [0.15, 0.2) is 11.5 Å². The molecule has 3 fully saturated rings. The number of hydrogen-bond donors (Lipinski definition) is 1. The first-order valence-corrected chi connectivity index (χ1v) is 22.7. The van der Waals surface area contributed by atoms with Crippen LogP contribution in [0.3, 0.4) is 0 Å². The number of carbonyl (C=O) groups excluding carboxylic acids is 1. The van der Waals surface area contributed by atoms with Gasteiger partial charge in [-0.05, 0) is 86.9 Å². The molecule has 0 aliphatic heterocycles. The van der Waals surface area contributed by atoms with E-state index in [4.69, 9.17) is 0 Å². The minimum Gasteiger partial charge on any atom is -0.390 e. The van der Waals surface area contributed by atoms with Gasteiger partial charge in [-0.15, -0.1) is 23.5 Å². The first-order chi connectivity index (χ1) is 23.2. The summed E-state index contributed by atoms with van der Waals surface area (Å²) in [7, 11) is 0. The Balaban J connectivity index is 1.36. The molecule has 1 N–H and O–H groups in total. The summed E-state index contributed by atoms with van der Waals surface area (Å²) in [5.41, 5.74) is -1.80. The minimum atomic E-state index is -1.71. The number of aliphatic hydroxyl groups excluding tert-OH is 1. The zero-order valence-electron chi connectivity index (χ0n) is 31.6. The van der Waals surface area contributed by atoms with Crippen LogP contribution >= 0.6 is 23.5 Å². The topological polar surface area (TPSA) is 37.3 Å². The van der Waals surface area contributed by atoms with E-state index in [2.05, 4.69) is 44.3 Å². The van der Waals surface area contributed by atoms with Crippen molar-refractivity contribution >= 4 is 29.3 Å². The maximum absolute atomic E-state index is 17.7. The number of rotatable bonds is 24. The molecule has 276 valence electrons. The molecule has 0 aromatic heterocycles. The van der Waals surface area contributed by atoms with E-state index >= 15 is 4.39 Å². The van der Waals surface area contributed by atoms with Gasteiger partial charge in [0.1, 0.15) is 0 Å². The quantitative estimate of drug-likeness (QED) is 0.0802. The van der Waals surface area contributed by atoms with E-state index in [1.807, 2.05) is 13.0 Å². The summed E-state index contributed by atoms with van der Waals surface area (Å²) in [6.07, 6.45) is 35.5. The second kappa shape index (κ2) is 19.5. The molecule has 0 heterocycles. The summed E-state index contributed by atoms with van der Waals surface area (Å²) in [6, 6.07) is 0. The molecular formula is C43H73FO2S2. The summed E-state index contributed by atoms with van der Waals surface area (Å²) in [5.74, 6) is 2.44. The molecule has 0 radical (unpaired) electrons. The van der Waals surface area contributed by atoms with Gasteiger partial charge < -0.3 is 5.11 Å². The summed E-state index contributed by atoms with van der Waals surface area (Å²) in [5, 5.41) is 12.0. The normalized spacial score (nSPS) is 32.2. The van der Waals surface area contributed by atoms with Crippen LogP contribution in [0.15, 0.2) is 23.8 Å². The van der Waals surface area contributed by atoms with Crippen molar-refractivity contribution in [1.82, 2.24) is 0 Å². The number of allylic oxidation sites excluding steroid dienone is 4. The van der Waals surface area contributed by atoms with Gasteiger partial charge in [-0.25, -0.2) is 4.39 Å². The van der Waals surface area contributed by atoms with Gasteiger partial charge in [0, 0.05) is 11.3 Å². The number of aliphatic hydroxyl groups is 1. The second-order valence-electron chi connectivity index (χ2n) is 16.6. The van der Waals surface area contributed by atoms with E-state index in [-0.39, 0.29) is 27.1 Å². The summed E-state index contributed by atoms with van der Waals surface area (Å²) in [4.78, 5) is 12.3. The van der Waals surface area contributed by atoms with Crippen molar-refractivity contribution in [1.29, 1.82) is 0 Å². The Morgan fingerprint density at radius 2 is 1.21 bits per heavy atom. The Hall–Kier alpha value is -0.260. The predicted molar refractivity (Wildman–Crippen MR) is 210 cm³/mol. The molecule has 4 aliphatic rings. The van der Waals surface area contributed by atoms with Crippen LogP contribution in [0.1, 0.15) is 188 Å². The Morgan fingerprint density at radius 1 is 0.729 bits per heavy atom. The van der Waals surface area contributed by atoms with E-state index < -0.39 is 17.2 Å². The summed E-state index contributed by atoms with van der Waals surface area (Å²) in [6.45, 7) is 8.98. The van der Waals surface area contributed by atoms with Crippen LogP contribution in [0, 0.1) is 22.7 Å². The maximum atomic E-state index is 17.7. The highest BCUT2D eigenvalue weighted by atomic mass is 32.2. The fraction of sp³-hybridized carbons (Fsp3) is 0.884. The second-order valence-corrected chi connectivity index (χ2v) is 19.7. The van der Waals surface area contributed by atoms with Gasteiger partial charge in [-0.1, -0.05) is 148 Å². The van der Waals surface area contributed by atoms with Crippen molar-refractivity contribution in [3.63, 3.8) is 0 Å². The Bertz CT molecular complexity index is 1020. The predicted octanol–water partition coefficient (Wildman–Crippen LogP) is 13.4. The molecule has 48 heavy (non-hydrogen) atoms. The fourth-order valence-electron chi connectivity index (χ4n) is 10.3. The molecule has 0 bridgehead atoms. The number of hydrogen-bond acceptors (Lipinski definition) is 4. The molecule has 4 aliphatic carbocycles. The SMILES string of the molecule is CCCCCCCCCCCCSC1(SCCCCCCCCCCCC)CC[C@H]2[C@@H]3CCC4=CC(=O)C=C[C@]4(C)[C@@]3(F)[C@@H](O)C[C@@]21C. The van der Waals surface area contributed by atoms with E-state index in [1.54, 1.807) is 12.2 Å². The summed E-state index contributed by atoms with van der Waals surface area (Å²) < 4.78 is 17.8. The highest BCUT2D eigenvalue weighted by Gasteiger charge is 2.73. The van der Waals surface area contributed by atoms with Crippen molar-refractivity contribution < 1.29 is 14.3 Å².